The zero-order valence-corrected chi connectivity index (χ0v) is 13.8. The van der Waals surface area contributed by atoms with E-state index in [1.165, 1.54) is 11.6 Å². The first-order chi connectivity index (χ1) is 9.79. The maximum absolute atomic E-state index is 12.3. The number of hydrogen-bond donors (Lipinski definition) is 2. The smallest absolute Gasteiger partial charge is 0.332 e. The largest absolute Gasteiger partial charge is 0.383 e. The molecule has 1 unspecified atom stereocenters. The summed E-state index contributed by atoms with van der Waals surface area (Å²) in [5, 5.41) is 3.18. The molecule has 1 heterocycles. The summed E-state index contributed by atoms with van der Waals surface area (Å²) in [7, 11) is 1.49. The first-order valence-electron chi connectivity index (χ1n) is 7.65. The van der Waals surface area contributed by atoms with Crippen molar-refractivity contribution in [3.05, 3.63) is 20.8 Å². The minimum absolute atomic E-state index is 0.122. The van der Waals surface area contributed by atoms with Crippen LogP contribution in [0.25, 0.3) is 0 Å². The molecule has 1 rings (SSSR count). The lowest BCUT2D eigenvalue weighted by atomic mass is 10.1. The van der Waals surface area contributed by atoms with Crippen molar-refractivity contribution in [3.8, 4) is 0 Å². The molecule has 0 saturated carbocycles. The third kappa shape index (κ3) is 4.12. The Morgan fingerprint density at radius 2 is 1.86 bits per heavy atom. The molecule has 1 aromatic rings. The third-order valence-electron chi connectivity index (χ3n) is 3.53. The lowest BCUT2D eigenvalue weighted by molar-refractivity contribution is 0.535. The molecule has 6 heteroatoms. The Bertz CT molecular complexity index is 587. The number of hydrogen-bond acceptors (Lipinski definition) is 4. The zero-order chi connectivity index (χ0) is 16.2. The van der Waals surface area contributed by atoms with Crippen molar-refractivity contribution < 1.29 is 0 Å². The molecular formula is C15H28N4O2. The molecule has 0 radical (unpaired) electrons. The number of anilines is 2. The minimum Gasteiger partial charge on any atom is -0.383 e. The lowest BCUT2D eigenvalue weighted by Crippen LogP contribution is -2.41. The number of aromatic nitrogens is 2. The first-order valence-corrected chi connectivity index (χ1v) is 7.65. The minimum atomic E-state index is -0.360. The molecule has 0 fully saturated rings. The molecule has 0 aliphatic rings. The van der Waals surface area contributed by atoms with Crippen LogP contribution in [0.15, 0.2) is 9.59 Å². The number of nitrogens with one attached hydrogen (secondary N) is 1. The van der Waals surface area contributed by atoms with E-state index in [1.807, 2.05) is 13.8 Å². The second-order valence-corrected chi connectivity index (χ2v) is 6.09. The van der Waals surface area contributed by atoms with Gasteiger partial charge in [0.1, 0.15) is 11.5 Å². The number of nitrogens with zero attached hydrogens (tertiary/aromatic N) is 2. The topological polar surface area (TPSA) is 82.0 Å². The van der Waals surface area contributed by atoms with Crippen LogP contribution in [0, 0.1) is 5.92 Å². The normalized spacial score (nSPS) is 12.7. The maximum atomic E-state index is 12.3. The van der Waals surface area contributed by atoms with E-state index < -0.39 is 0 Å². The fourth-order valence-electron chi connectivity index (χ4n) is 2.46. The number of unbranched alkanes of at least 4 members (excludes halogenated alkanes) is 1. The van der Waals surface area contributed by atoms with Crippen molar-refractivity contribution in [3.63, 3.8) is 0 Å². The van der Waals surface area contributed by atoms with E-state index in [0.29, 0.717) is 18.2 Å². The molecule has 120 valence electrons. The fourth-order valence-corrected chi connectivity index (χ4v) is 2.46. The van der Waals surface area contributed by atoms with E-state index in [-0.39, 0.29) is 23.1 Å². The average molecular weight is 296 g/mol. The van der Waals surface area contributed by atoms with Gasteiger partial charge in [-0.15, -0.1) is 0 Å². The van der Waals surface area contributed by atoms with Crippen LogP contribution in [0.1, 0.15) is 47.0 Å². The molecule has 6 nitrogen and oxygen atoms in total. The number of rotatable bonds is 7. The quantitative estimate of drug-likeness (QED) is 0.803. The standard InChI is InChI=1S/C15H28N4O2/c1-6-7-8-19-13(16)12(14(20)18(5)15(19)21)17-11(4)9-10(2)3/h10-11,17H,6-9,16H2,1-5H3. The van der Waals surface area contributed by atoms with Crippen LogP contribution < -0.4 is 22.3 Å². The van der Waals surface area contributed by atoms with Crippen molar-refractivity contribution in [1.82, 2.24) is 9.13 Å². The highest BCUT2D eigenvalue weighted by atomic mass is 16.2. The number of nitrogen functional groups attached to an aromatic ring is 1. The second-order valence-electron chi connectivity index (χ2n) is 6.09. The van der Waals surface area contributed by atoms with Gasteiger partial charge in [-0.25, -0.2) is 4.79 Å². The number of nitrogens with two attached hydrogens (primary N) is 1. The summed E-state index contributed by atoms with van der Waals surface area (Å²) >= 11 is 0. The molecule has 1 atom stereocenters. The van der Waals surface area contributed by atoms with Gasteiger partial charge in [-0.2, -0.15) is 0 Å². The van der Waals surface area contributed by atoms with Crippen molar-refractivity contribution >= 4 is 11.5 Å². The Morgan fingerprint density at radius 1 is 1.24 bits per heavy atom. The molecular weight excluding hydrogens is 268 g/mol. The van der Waals surface area contributed by atoms with Crippen molar-refractivity contribution in [2.24, 2.45) is 13.0 Å². The fraction of sp³-hybridized carbons (Fsp3) is 0.733. The Balaban J connectivity index is 3.22. The predicted octanol–water partition coefficient (Wildman–Crippen LogP) is 1.78. The summed E-state index contributed by atoms with van der Waals surface area (Å²) in [5.41, 5.74) is 5.68. The lowest BCUT2D eigenvalue weighted by Gasteiger charge is -2.20. The monoisotopic (exact) mass is 296 g/mol. The van der Waals surface area contributed by atoms with Gasteiger partial charge in [0.25, 0.3) is 5.56 Å². The van der Waals surface area contributed by atoms with Gasteiger partial charge in [-0.1, -0.05) is 27.2 Å². The van der Waals surface area contributed by atoms with Crippen LogP contribution in [0.3, 0.4) is 0 Å². The van der Waals surface area contributed by atoms with Crippen molar-refractivity contribution in [2.45, 2.75) is 59.5 Å². The van der Waals surface area contributed by atoms with Gasteiger partial charge in [0.2, 0.25) is 0 Å². The van der Waals surface area contributed by atoms with Gasteiger partial charge in [0.15, 0.2) is 0 Å². The Kier molecular flexibility index (Phi) is 6.05. The Hall–Kier alpha value is -1.72. The summed E-state index contributed by atoms with van der Waals surface area (Å²) in [4.78, 5) is 24.4. The van der Waals surface area contributed by atoms with E-state index in [4.69, 9.17) is 5.73 Å². The Labute approximate surface area is 126 Å². The highest BCUT2D eigenvalue weighted by Gasteiger charge is 2.17. The van der Waals surface area contributed by atoms with Crippen LogP contribution >= 0.6 is 0 Å². The summed E-state index contributed by atoms with van der Waals surface area (Å²) in [6.45, 7) is 8.85. The SMILES string of the molecule is CCCCn1c(N)c(NC(C)CC(C)C)c(=O)n(C)c1=O. The van der Waals surface area contributed by atoms with Gasteiger partial charge in [-0.3, -0.25) is 13.9 Å². The average Bonchev–Trinajstić information content (AvgIpc) is 2.40. The molecule has 0 bridgehead atoms. The van der Waals surface area contributed by atoms with Crippen LogP contribution in [-0.2, 0) is 13.6 Å². The second kappa shape index (κ2) is 7.33. The maximum Gasteiger partial charge on any atom is 0.332 e. The predicted molar refractivity (Wildman–Crippen MR) is 87.8 cm³/mol. The van der Waals surface area contributed by atoms with E-state index in [9.17, 15) is 9.59 Å². The summed E-state index contributed by atoms with van der Waals surface area (Å²) < 4.78 is 2.60. The summed E-state index contributed by atoms with van der Waals surface area (Å²) in [6.07, 6.45) is 2.74. The zero-order valence-electron chi connectivity index (χ0n) is 13.8. The van der Waals surface area contributed by atoms with Gasteiger partial charge in [-0.05, 0) is 25.7 Å². The highest BCUT2D eigenvalue weighted by Crippen LogP contribution is 2.15. The molecule has 21 heavy (non-hydrogen) atoms. The van der Waals surface area contributed by atoms with Crippen LogP contribution in [0.4, 0.5) is 11.5 Å². The van der Waals surface area contributed by atoms with E-state index in [0.717, 1.165) is 23.8 Å². The Morgan fingerprint density at radius 3 is 2.38 bits per heavy atom. The first kappa shape index (κ1) is 17.3. The molecule has 0 saturated heterocycles. The van der Waals surface area contributed by atoms with Crippen LogP contribution in [-0.4, -0.2) is 15.2 Å². The van der Waals surface area contributed by atoms with Crippen molar-refractivity contribution in [1.29, 1.82) is 0 Å². The molecule has 0 aromatic carbocycles. The molecule has 0 aliphatic heterocycles. The summed E-state index contributed by atoms with van der Waals surface area (Å²) in [6, 6.07) is 0.122. The van der Waals surface area contributed by atoms with Gasteiger partial charge >= 0.3 is 5.69 Å². The van der Waals surface area contributed by atoms with Crippen molar-refractivity contribution in [2.75, 3.05) is 11.1 Å². The molecule has 3 N–H and O–H groups in total. The molecule has 0 amide bonds. The van der Waals surface area contributed by atoms with E-state index in [2.05, 4.69) is 19.2 Å². The van der Waals surface area contributed by atoms with E-state index >= 15 is 0 Å². The summed E-state index contributed by atoms with van der Waals surface area (Å²) in [5.74, 6) is 0.760. The van der Waals surface area contributed by atoms with Gasteiger partial charge < -0.3 is 11.1 Å². The van der Waals surface area contributed by atoms with Crippen LogP contribution in [0.5, 0.6) is 0 Å². The van der Waals surface area contributed by atoms with E-state index in [1.54, 1.807) is 0 Å². The van der Waals surface area contributed by atoms with Gasteiger partial charge in [0.05, 0.1) is 0 Å². The molecule has 0 aliphatic carbocycles. The highest BCUT2D eigenvalue weighted by molar-refractivity contribution is 5.61. The third-order valence-corrected chi connectivity index (χ3v) is 3.53. The van der Waals surface area contributed by atoms with Gasteiger partial charge in [0, 0.05) is 19.6 Å². The molecule has 0 spiro atoms. The molecule has 1 aromatic heterocycles. The van der Waals surface area contributed by atoms with Crippen LogP contribution in [0.2, 0.25) is 0 Å².